The molecule has 1 aromatic heterocycles. The van der Waals surface area contributed by atoms with Crippen molar-refractivity contribution in [1.82, 2.24) is 9.97 Å². The van der Waals surface area contributed by atoms with E-state index in [9.17, 15) is 0 Å². The first-order valence-corrected chi connectivity index (χ1v) is 4.42. The van der Waals surface area contributed by atoms with Crippen molar-refractivity contribution >= 4 is 11.8 Å². The minimum absolute atomic E-state index is 0.981. The maximum Gasteiger partial charge on any atom is 0.114 e. The number of aromatic nitrogens is 2. The molecule has 0 radical (unpaired) electrons. The molecule has 0 aliphatic heterocycles. The molecule has 0 fully saturated rings. The van der Waals surface area contributed by atoms with Crippen LogP contribution in [0.2, 0.25) is 0 Å². The zero-order valence-corrected chi connectivity index (χ0v) is 7.05. The third kappa shape index (κ3) is 3.18. The van der Waals surface area contributed by atoms with Gasteiger partial charge in [-0.1, -0.05) is 6.08 Å². The van der Waals surface area contributed by atoms with E-state index in [1.54, 1.807) is 30.4 Å². The lowest BCUT2D eigenvalue weighted by atomic mass is 10.5. The second-order valence-corrected chi connectivity index (χ2v) is 3.08. The molecule has 0 bridgehead atoms. The maximum atomic E-state index is 4.12. The summed E-state index contributed by atoms with van der Waals surface area (Å²) in [4.78, 5) is 8.07. The molecule has 0 amide bonds. The van der Waals surface area contributed by atoms with Crippen molar-refractivity contribution in [3.8, 4) is 0 Å². The van der Waals surface area contributed by atoms with Gasteiger partial charge in [0.05, 0.1) is 6.20 Å². The summed E-state index contributed by atoms with van der Waals surface area (Å²) in [5.74, 6) is 1.03. The first-order chi connectivity index (χ1) is 5.43. The van der Waals surface area contributed by atoms with E-state index in [-0.39, 0.29) is 0 Å². The highest BCUT2D eigenvalue weighted by atomic mass is 32.2. The van der Waals surface area contributed by atoms with Gasteiger partial charge in [-0.15, -0.1) is 18.3 Å². The van der Waals surface area contributed by atoms with Crippen LogP contribution in [0.3, 0.4) is 0 Å². The highest BCUT2D eigenvalue weighted by Crippen LogP contribution is 2.13. The van der Waals surface area contributed by atoms with Crippen LogP contribution in [0, 0.1) is 0 Å². The maximum absolute atomic E-state index is 4.12. The van der Waals surface area contributed by atoms with E-state index in [0.29, 0.717) is 0 Å². The number of nitrogens with zero attached hydrogens (tertiary/aromatic N) is 2. The minimum atomic E-state index is 0.981. The van der Waals surface area contributed by atoms with Crippen LogP contribution in [0.1, 0.15) is 6.42 Å². The second kappa shape index (κ2) is 4.91. The zero-order valence-electron chi connectivity index (χ0n) is 6.23. The Morgan fingerprint density at radius 2 is 2.45 bits per heavy atom. The van der Waals surface area contributed by atoms with Gasteiger partial charge in [-0.25, -0.2) is 4.98 Å². The predicted molar refractivity (Wildman–Crippen MR) is 47.6 cm³/mol. The summed E-state index contributed by atoms with van der Waals surface area (Å²) in [6, 6.07) is 0. The van der Waals surface area contributed by atoms with Gasteiger partial charge in [0, 0.05) is 18.1 Å². The Morgan fingerprint density at radius 3 is 3.09 bits per heavy atom. The van der Waals surface area contributed by atoms with Crippen LogP contribution in [0.25, 0.3) is 0 Å². The lowest BCUT2D eigenvalue weighted by Crippen LogP contribution is -1.81. The van der Waals surface area contributed by atoms with Gasteiger partial charge in [-0.2, -0.15) is 0 Å². The minimum Gasteiger partial charge on any atom is -0.260 e. The molecule has 11 heavy (non-hydrogen) atoms. The van der Waals surface area contributed by atoms with E-state index in [2.05, 4.69) is 16.5 Å². The number of rotatable bonds is 4. The summed E-state index contributed by atoms with van der Waals surface area (Å²) in [5, 5.41) is 0.981. The Balaban J connectivity index is 2.33. The molecule has 1 aromatic rings. The topological polar surface area (TPSA) is 25.8 Å². The van der Waals surface area contributed by atoms with Gasteiger partial charge < -0.3 is 0 Å². The number of hydrogen-bond donors (Lipinski definition) is 0. The van der Waals surface area contributed by atoms with Gasteiger partial charge in [0.2, 0.25) is 0 Å². The molecule has 1 rings (SSSR count). The Morgan fingerprint density at radius 1 is 1.55 bits per heavy atom. The van der Waals surface area contributed by atoms with E-state index in [4.69, 9.17) is 0 Å². The summed E-state index contributed by atoms with van der Waals surface area (Å²) in [7, 11) is 0. The van der Waals surface area contributed by atoms with Crippen molar-refractivity contribution < 1.29 is 0 Å². The smallest absolute Gasteiger partial charge is 0.114 e. The van der Waals surface area contributed by atoms with E-state index in [1.807, 2.05) is 6.08 Å². The van der Waals surface area contributed by atoms with E-state index >= 15 is 0 Å². The summed E-state index contributed by atoms with van der Waals surface area (Å²) in [6.45, 7) is 3.64. The SMILES string of the molecule is C=CCCSc1cnccn1. The first-order valence-electron chi connectivity index (χ1n) is 3.43. The normalized spacial score (nSPS) is 9.45. The fraction of sp³-hybridized carbons (Fsp3) is 0.250. The largest absolute Gasteiger partial charge is 0.260 e. The molecule has 0 saturated carbocycles. The van der Waals surface area contributed by atoms with Crippen LogP contribution < -0.4 is 0 Å². The molecule has 0 saturated heterocycles. The average molecular weight is 166 g/mol. The van der Waals surface area contributed by atoms with Crippen molar-refractivity contribution in [1.29, 1.82) is 0 Å². The van der Waals surface area contributed by atoms with E-state index in [1.165, 1.54) is 0 Å². The molecule has 0 atom stereocenters. The van der Waals surface area contributed by atoms with Crippen LogP contribution in [0.4, 0.5) is 0 Å². The summed E-state index contributed by atoms with van der Waals surface area (Å²) in [6.07, 6.45) is 8.08. The lowest BCUT2D eigenvalue weighted by molar-refractivity contribution is 1.05. The highest BCUT2D eigenvalue weighted by Gasteiger charge is 1.91. The summed E-state index contributed by atoms with van der Waals surface area (Å²) < 4.78 is 0. The molecule has 1 heterocycles. The van der Waals surface area contributed by atoms with Crippen molar-refractivity contribution in [2.75, 3.05) is 5.75 Å². The van der Waals surface area contributed by atoms with Crippen LogP contribution in [-0.2, 0) is 0 Å². The predicted octanol–water partition coefficient (Wildman–Crippen LogP) is 2.14. The number of hydrogen-bond acceptors (Lipinski definition) is 3. The second-order valence-electron chi connectivity index (χ2n) is 1.97. The van der Waals surface area contributed by atoms with Crippen molar-refractivity contribution in [3.63, 3.8) is 0 Å². The van der Waals surface area contributed by atoms with Gasteiger partial charge in [-0.3, -0.25) is 4.98 Å². The Bertz CT molecular complexity index is 211. The van der Waals surface area contributed by atoms with Crippen LogP contribution in [-0.4, -0.2) is 15.7 Å². The molecule has 58 valence electrons. The Labute approximate surface area is 70.8 Å². The zero-order chi connectivity index (χ0) is 7.94. The van der Waals surface area contributed by atoms with Gasteiger partial charge in [0.1, 0.15) is 5.03 Å². The fourth-order valence-electron chi connectivity index (χ4n) is 0.607. The van der Waals surface area contributed by atoms with E-state index in [0.717, 1.165) is 17.2 Å². The quantitative estimate of drug-likeness (QED) is 0.389. The number of thioether (sulfide) groups is 1. The fourth-order valence-corrected chi connectivity index (χ4v) is 1.37. The third-order valence-corrected chi connectivity index (χ3v) is 2.06. The molecule has 0 aromatic carbocycles. The molecule has 0 unspecified atom stereocenters. The molecule has 3 heteroatoms. The van der Waals surface area contributed by atoms with Crippen molar-refractivity contribution in [2.24, 2.45) is 0 Å². The Kier molecular flexibility index (Phi) is 3.69. The summed E-state index contributed by atoms with van der Waals surface area (Å²) in [5.41, 5.74) is 0. The average Bonchev–Trinajstić information content (AvgIpc) is 2.07. The Hall–Kier alpha value is -0.830. The highest BCUT2D eigenvalue weighted by molar-refractivity contribution is 7.99. The van der Waals surface area contributed by atoms with Crippen molar-refractivity contribution in [3.05, 3.63) is 31.2 Å². The summed E-state index contributed by atoms with van der Waals surface area (Å²) >= 11 is 1.70. The van der Waals surface area contributed by atoms with Gasteiger partial charge in [0.15, 0.2) is 0 Å². The van der Waals surface area contributed by atoms with Crippen molar-refractivity contribution in [2.45, 2.75) is 11.4 Å². The molecule has 0 N–H and O–H groups in total. The van der Waals surface area contributed by atoms with Crippen LogP contribution in [0.15, 0.2) is 36.3 Å². The monoisotopic (exact) mass is 166 g/mol. The van der Waals surface area contributed by atoms with Gasteiger partial charge in [0.25, 0.3) is 0 Å². The standard InChI is InChI=1S/C8H10N2S/c1-2-3-6-11-8-7-9-4-5-10-8/h2,4-5,7H,1,3,6H2. The van der Waals surface area contributed by atoms with Gasteiger partial charge in [-0.05, 0) is 6.42 Å². The third-order valence-electron chi connectivity index (χ3n) is 1.11. The molecule has 0 aliphatic carbocycles. The molecular formula is C8H10N2S. The number of allylic oxidation sites excluding steroid dienone is 1. The van der Waals surface area contributed by atoms with Crippen LogP contribution in [0.5, 0.6) is 0 Å². The van der Waals surface area contributed by atoms with Gasteiger partial charge >= 0.3 is 0 Å². The molecule has 0 spiro atoms. The van der Waals surface area contributed by atoms with Crippen LogP contribution >= 0.6 is 11.8 Å². The molecule has 2 nitrogen and oxygen atoms in total. The molecule has 0 aliphatic rings. The molecular weight excluding hydrogens is 156 g/mol. The van der Waals surface area contributed by atoms with E-state index < -0.39 is 0 Å². The lowest BCUT2D eigenvalue weighted by Gasteiger charge is -1.95. The first kappa shape index (κ1) is 8.27.